The maximum Gasteiger partial charge on any atom is 0.402 e. The van der Waals surface area contributed by atoms with Crippen LogP contribution in [-0.4, -0.2) is 73.4 Å². The van der Waals surface area contributed by atoms with E-state index in [4.69, 9.17) is 4.52 Å². The summed E-state index contributed by atoms with van der Waals surface area (Å²) in [6.45, 7) is 5.21. The van der Waals surface area contributed by atoms with Crippen molar-refractivity contribution in [3.05, 3.63) is 0 Å². The Labute approximate surface area is 190 Å². The van der Waals surface area contributed by atoms with Crippen LogP contribution in [0.3, 0.4) is 0 Å². The van der Waals surface area contributed by atoms with Crippen molar-refractivity contribution in [1.82, 2.24) is 10.4 Å². The molecule has 2 unspecified atom stereocenters. The fraction of sp³-hybridized carbons (Fsp3) is 0.955. The van der Waals surface area contributed by atoms with Gasteiger partial charge >= 0.3 is 7.75 Å². The van der Waals surface area contributed by atoms with Gasteiger partial charge in [0.1, 0.15) is 0 Å². The second kappa shape index (κ2) is 17.0. The van der Waals surface area contributed by atoms with E-state index in [9.17, 15) is 19.4 Å². The molecule has 0 aromatic heterocycles. The third-order valence-electron chi connectivity index (χ3n) is 5.17. The summed E-state index contributed by atoms with van der Waals surface area (Å²) in [5.41, 5.74) is 0. The van der Waals surface area contributed by atoms with Crippen LogP contribution in [0.1, 0.15) is 84.5 Å². The van der Waals surface area contributed by atoms with Crippen molar-refractivity contribution in [2.45, 2.75) is 96.6 Å². The lowest BCUT2D eigenvalue weighted by atomic mass is 10.0. The first-order valence-corrected chi connectivity index (χ1v) is 13.6. The van der Waals surface area contributed by atoms with Crippen LogP contribution >= 0.6 is 7.75 Å². The average molecular weight is 467 g/mol. The van der Waals surface area contributed by atoms with Crippen LogP contribution in [0.25, 0.3) is 0 Å². The van der Waals surface area contributed by atoms with Crippen LogP contribution < -0.4 is 10.4 Å². The fourth-order valence-electron chi connectivity index (χ4n) is 3.24. The molecule has 3 atom stereocenters. The maximum atomic E-state index is 12.3. The smallest absolute Gasteiger partial charge is 0.391 e. The van der Waals surface area contributed by atoms with Gasteiger partial charge in [0.2, 0.25) is 5.91 Å². The number of unbranched alkanes of at least 4 members (excludes halogenated alkanes) is 6. The Kier molecular flexibility index (Phi) is 16.8. The summed E-state index contributed by atoms with van der Waals surface area (Å²) in [6, 6.07) is -0.629. The van der Waals surface area contributed by atoms with Crippen molar-refractivity contribution in [1.29, 1.82) is 0 Å². The number of hydrogen-bond acceptors (Lipinski definition) is 4. The SMILES string of the molecule is CCCCCCCC(O)[C@H](CNP(=O)(O)OCCC[N+](C)(C)C)NC(=O)CCCCC. The Morgan fingerprint density at radius 3 is 2.23 bits per heavy atom. The fourth-order valence-corrected chi connectivity index (χ4v) is 4.14. The van der Waals surface area contributed by atoms with Gasteiger partial charge in [0.25, 0.3) is 0 Å². The molecule has 0 bridgehead atoms. The zero-order valence-electron chi connectivity index (χ0n) is 20.6. The van der Waals surface area contributed by atoms with Gasteiger partial charge in [-0.25, -0.2) is 9.65 Å². The zero-order chi connectivity index (χ0) is 23.8. The van der Waals surface area contributed by atoms with Gasteiger partial charge < -0.3 is 19.8 Å². The molecule has 1 amide bonds. The number of quaternary nitrogens is 1. The molecule has 0 saturated heterocycles. The highest BCUT2D eigenvalue weighted by atomic mass is 31.2. The number of aliphatic hydroxyl groups excluding tert-OH is 1. The van der Waals surface area contributed by atoms with Crippen molar-refractivity contribution >= 4 is 13.7 Å². The van der Waals surface area contributed by atoms with Gasteiger partial charge in [0, 0.05) is 19.4 Å². The van der Waals surface area contributed by atoms with E-state index in [2.05, 4.69) is 24.3 Å². The lowest BCUT2D eigenvalue weighted by Gasteiger charge is -2.26. The molecular formula is C22H49N3O5P+. The minimum Gasteiger partial charge on any atom is -0.391 e. The molecule has 4 N–H and O–H groups in total. The zero-order valence-corrected chi connectivity index (χ0v) is 21.5. The average Bonchev–Trinajstić information content (AvgIpc) is 2.67. The minimum atomic E-state index is -4.00. The first-order chi connectivity index (χ1) is 14.5. The standard InChI is InChI=1S/C22H48N3O5P/c1-6-8-10-11-13-15-21(26)20(24-22(27)16-12-9-7-2)19-23-31(28,29)30-18-14-17-25(3,4)5/h20-21,26H,6-19H2,1-5H3,(H2-,23,24,27,28,29)/p+1/t20-,21?/m0/s1. The van der Waals surface area contributed by atoms with Gasteiger partial charge in [0.05, 0.1) is 46.4 Å². The predicted octanol–water partition coefficient (Wildman–Crippen LogP) is 3.58. The molecule has 0 aromatic rings. The predicted molar refractivity (Wildman–Crippen MR) is 127 cm³/mol. The largest absolute Gasteiger partial charge is 0.402 e. The monoisotopic (exact) mass is 466 g/mol. The Balaban J connectivity index is 4.64. The van der Waals surface area contributed by atoms with Gasteiger partial charge in [-0.3, -0.25) is 9.32 Å². The normalized spacial score (nSPS) is 16.0. The van der Waals surface area contributed by atoms with Gasteiger partial charge in [-0.2, -0.15) is 0 Å². The molecule has 0 saturated carbocycles. The molecule has 8 nitrogen and oxygen atoms in total. The molecule has 0 aromatic carbocycles. The number of hydrogen-bond donors (Lipinski definition) is 4. The molecule has 0 rings (SSSR count). The van der Waals surface area contributed by atoms with Crippen LogP contribution in [0.4, 0.5) is 0 Å². The Morgan fingerprint density at radius 1 is 1.00 bits per heavy atom. The second-order valence-corrected chi connectivity index (χ2v) is 11.1. The van der Waals surface area contributed by atoms with Crippen molar-refractivity contribution in [3.8, 4) is 0 Å². The van der Waals surface area contributed by atoms with E-state index in [1.807, 2.05) is 21.1 Å². The molecule has 0 aliphatic rings. The van der Waals surface area contributed by atoms with E-state index in [0.29, 0.717) is 19.3 Å². The Bertz CT molecular complexity index is 514. The summed E-state index contributed by atoms with van der Waals surface area (Å²) in [5.74, 6) is -0.137. The van der Waals surface area contributed by atoms with E-state index in [0.717, 1.165) is 56.0 Å². The van der Waals surface area contributed by atoms with Gasteiger partial charge in [0.15, 0.2) is 0 Å². The summed E-state index contributed by atoms with van der Waals surface area (Å²) in [7, 11) is 2.15. The second-order valence-electron chi connectivity index (χ2n) is 9.48. The van der Waals surface area contributed by atoms with Gasteiger partial charge in [-0.15, -0.1) is 0 Å². The number of nitrogens with zero attached hydrogens (tertiary/aromatic N) is 1. The molecule has 0 heterocycles. The van der Waals surface area contributed by atoms with E-state index < -0.39 is 19.9 Å². The van der Waals surface area contributed by atoms with Crippen LogP contribution in [-0.2, 0) is 13.9 Å². The third-order valence-corrected chi connectivity index (χ3v) is 6.29. The topological polar surface area (TPSA) is 108 Å². The molecule has 31 heavy (non-hydrogen) atoms. The van der Waals surface area contributed by atoms with Crippen molar-refractivity contribution in [3.63, 3.8) is 0 Å². The Morgan fingerprint density at radius 2 is 1.61 bits per heavy atom. The van der Waals surface area contributed by atoms with Gasteiger partial charge in [-0.1, -0.05) is 58.8 Å². The number of carbonyl (C=O) groups excluding carboxylic acids is 1. The van der Waals surface area contributed by atoms with Crippen molar-refractivity contribution in [2.24, 2.45) is 0 Å². The number of aliphatic hydroxyl groups is 1. The van der Waals surface area contributed by atoms with Crippen LogP contribution in [0.5, 0.6) is 0 Å². The molecule has 0 radical (unpaired) electrons. The minimum absolute atomic E-state index is 0.0151. The van der Waals surface area contributed by atoms with Crippen molar-refractivity contribution < 1.29 is 28.4 Å². The maximum absolute atomic E-state index is 12.3. The molecule has 0 aliphatic carbocycles. The first-order valence-electron chi connectivity index (χ1n) is 12.0. The third kappa shape index (κ3) is 18.7. The lowest BCUT2D eigenvalue weighted by molar-refractivity contribution is -0.870. The number of rotatable bonds is 20. The summed E-state index contributed by atoms with van der Waals surface area (Å²) in [5, 5.41) is 16.0. The van der Waals surface area contributed by atoms with Crippen LogP contribution in [0.15, 0.2) is 0 Å². The number of nitrogens with one attached hydrogen (secondary N) is 2. The quantitative estimate of drug-likeness (QED) is 0.124. The van der Waals surface area contributed by atoms with Crippen LogP contribution in [0.2, 0.25) is 0 Å². The highest BCUT2D eigenvalue weighted by molar-refractivity contribution is 7.50. The van der Waals surface area contributed by atoms with Gasteiger partial charge in [-0.05, 0) is 12.8 Å². The molecule has 0 aliphatic heterocycles. The van der Waals surface area contributed by atoms with Crippen molar-refractivity contribution in [2.75, 3.05) is 40.8 Å². The molecular weight excluding hydrogens is 417 g/mol. The summed E-state index contributed by atoms with van der Waals surface area (Å²) >= 11 is 0. The first kappa shape index (κ1) is 30.5. The highest BCUT2D eigenvalue weighted by Gasteiger charge is 2.26. The molecule has 186 valence electrons. The summed E-state index contributed by atoms with van der Waals surface area (Å²) in [6.07, 6.45) is 8.98. The summed E-state index contributed by atoms with van der Waals surface area (Å²) < 4.78 is 18.2. The number of carbonyl (C=O) groups is 1. The Hall–Kier alpha value is -0.500. The van der Waals surface area contributed by atoms with E-state index in [1.165, 1.54) is 6.42 Å². The van der Waals surface area contributed by atoms with E-state index in [1.54, 1.807) is 0 Å². The summed E-state index contributed by atoms with van der Waals surface area (Å²) in [4.78, 5) is 22.3. The van der Waals surface area contributed by atoms with E-state index in [-0.39, 0.29) is 19.1 Å². The highest BCUT2D eigenvalue weighted by Crippen LogP contribution is 2.36. The molecule has 0 fully saturated rings. The molecule has 0 spiro atoms. The molecule has 9 heteroatoms. The van der Waals surface area contributed by atoms with E-state index >= 15 is 0 Å². The lowest BCUT2D eigenvalue weighted by Crippen LogP contribution is -2.48. The number of amides is 1. The van der Waals surface area contributed by atoms with Crippen LogP contribution in [0, 0.1) is 0 Å².